The van der Waals surface area contributed by atoms with Crippen LogP contribution in [-0.4, -0.2) is 67.4 Å². The molecule has 11 nitrogen and oxygen atoms in total. The number of anilines is 3. The van der Waals surface area contributed by atoms with Gasteiger partial charge in [-0.05, 0) is 49.6 Å². The second kappa shape index (κ2) is 9.98. The Morgan fingerprint density at radius 2 is 2.05 bits per heavy atom. The zero-order chi connectivity index (χ0) is 27.9. The van der Waals surface area contributed by atoms with Gasteiger partial charge in [-0.3, -0.25) is 4.79 Å². The van der Waals surface area contributed by atoms with Crippen molar-refractivity contribution in [3.63, 3.8) is 0 Å². The molecule has 41 heavy (non-hydrogen) atoms. The van der Waals surface area contributed by atoms with Gasteiger partial charge in [-0.1, -0.05) is 5.92 Å². The summed E-state index contributed by atoms with van der Waals surface area (Å²) in [5.74, 6) is 8.60. The molecule has 204 valence electrons. The van der Waals surface area contributed by atoms with Gasteiger partial charge in [0.15, 0.2) is 17.4 Å². The van der Waals surface area contributed by atoms with Crippen molar-refractivity contribution in [3.05, 3.63) is 66.9 Å². The van der Waals surface area contributed by atoms with Gasteiger partial charge in [-0.25, -0.2) is 19.9 Å². The van der Waals surface area contributed by atoms with Gasteiger partial charge < -0.3 is 29.0 Å². The van der Waals surface area contributed by atoms with E-state index in [1.54, 1.807) is 18.0 Å². The summed E-state index contributed by atoms with van der Waals surface area (Å²) in [6.07, 6.45) is 7.07. The number of ether oxygens (including phenoxy) is 2. The number of imidazole rings is 1. The topological polar surface area (TPSA) is 110 Å². The van der Waals surface area contributed by atoms with Crippen LogP contribution in [0, 0.1) is 18.8 Å². The molecule has 1 saturated heterocycles. The first kappa shape index (κ1) is 24.7. The van der Waals surface area contributed by atoms with Crippen molar-refractivity contribution >= 4 is 39.9 Å². The minimum Gasteiger partial charge on any atom is -0.487 e. The predicted molar refractivity (Wildman–Crippen MR) is 154 cm³/mol. The molecule has 2 aliphatic heterocycles. The Morgan fingerprint density at radius 3 is 2.93 bits per heavy atom. The number of benzene rings is 1. The fraction of sp³-hybridized carbons (Fsp3) is 0.233. The van der Waals surface area contributed by atoms with Crippen molar-refractivity contribution in [2.75, 3.05) is 36.5 Å². The number of pyridine rings is 2. The molecule has 7 rings (SSSR count). The molecule has 1 N–H and O–H groups in total. The number of amides is 1. The van der Waals surface area contributed by atoms with Crippen molar-refractivity contribution in [2.45, 2.75) is 19.9 Å². The first-order chi connectivity index (χ1) is 20.1. The lowest BCUT2D eigenvalue weighted by molar-refractivity contribution is -0.128. The maximum atomic E-state index is 12.5. The second-order valence-corrected chi connectivity index (χ2v) is 9.95. The smallest absolute Gasteiger partial charge is 0.298 e. The summed E-state index contributed by atoms with van der Waals surface area (Å²) in [4.78, 5) is 34.7. The Labute approximate surface area is 235 Å². The third-order valence-corrected chi connectivity index (χ3v) is 7.30. The SMILES string of the molecule is CC#CC(=O)N1CCN2CC1COc1cc3ncnc(Nc4ccc(Oc5ccn6ccnc6c5)c(C)c4)c3nc12. The highest BCUT2D eigenvalue weighted by molar-refractivity contribution is 5.94. The van der Waals surface area contributed by atoms with Gasteiger partial charge in [0.05, 0.1) is 11.6 Å². The highest BCUT2D eigenvalue weighted by atomic mass is 16.5. The molecule has 2 aliphatic rings. The number of nitrogens with one attached hydrogen (secondary N) is 1. The largest absolute Gasteiger partial charge is 0.487 e. The lowest BCUT2D eigenvalue weighted by Crippen LogP contribution is -2.56. The predicted octanol–water partition coefficient (Wildman–Crippen LogP) is 3.95. The van der Waals surface area contributed by atoms with Crippen LogP contribution in [0.4, 0.5) is 17.3 Å². The van der Waals surface area contributed by atoms with E-state index in [1.807, 2.05) is 60.1 Å². The van der Waals surface area contributed by atoms with E-state index in [0.717, 1.165) is 28.5 Å². The van der Waals surface area contributed by atoms with Gasteiger partial charge in [0, 0.05) is 56.0 Å². The highest BCUT2D eigenvalue weighted by Gasteiger charge is 2.35. The third kappa shape index (κ3) is 4.59. The molecule has 0 saturated carbocycles. The minimum atomic E-state index is -0.173. The number of piperazine rings is 1. The normalized spacial score (nSPS) is 15.9. The van der Waals surface area contributed by atoms with Crippen LogP contribution in [0.15, 0.2) is 61.3 Å². The van der Waals surface area contributed by atoms with Crippen LogP contribution in [-0.2, 0) is 4.79 Å². The van der Waals surface area contributed by atoms with Crippen molar-refractivity contribution in [1.82, 2.24) is 29.2 Å². The number of carbonyl (C=O) groups excluding carboxylic acids is 1. The van der Waals surface area contributed by atoms with Crippen LogP contribution in [0.3, 0.4) is 0 Å². The molecule has 1 fully saturated rings. The van der Waals surface area contributed by atoms with Gasteiger partial charge in [0.25, 0.3) is 5.91 Å². The van der Waals surface area contributed by atoms with E-state index in [2.05, 4.69) is 37.0 Å². The molecule has 1 atom stereocenters. The molecule has 1 unspecified atom stereocenters. The molecule has 2 bridgehead atoms. The number of aromatic nitrogens is 5. The van der Waals surface area contributed by atoms with Crippen LogP contribution >= 0.6 is 0 Å². The van der Waals surface area contributed by atoms with Gasteiger partial charge in [0.2, 0.25) is 0 Å². The van der Waals surface area contributed by atoms with Gasteiger partial charge in [-0.2, -0.15) is 0 Å². The summed E-state index contributed by atoms with van der Waals surface area (Å²) in [7, 11) is 0. The molecule has 6 heterocycles. The highest BCUT2D eigenvalue weighted by Crippen LogP contribution is 2.36. The van der Waals surface area contributed by atoms with Gasteiger partial charge in [0.1, 0.15) is 35.6 Å². The average Bonchev–Trinajstić information content (AvgIpc) is 3.40. The van der Waals surface area contributed by atoms with E-state index in [4.69, 9.17) is 14.5 Å². The summed E-state index contributed by atoms with van der Waals surface area (Å²) >= 11 is 0. The summed E-state index contributed by atoms with van der Waals surface area (Å²) in [5, 5.41) is 3.40. The minimum absolute atomic E-state index is 0.108. The Morgan fingerprint density at radius 1 is 1.12 bits per heavy atom. The first-order valence-corrected chi connectivity index (χ1v) is 13.3. The van der Waals surface area contributed by atoms with E-state index in [-0.39, 0.29) is 11.9 Å². The number of carbonyl (C=O) groups is 1. The van der Waals surface area contributed by atoms with Crippen LogP contribution in [0.2, 0.25) is 0 Å². The van der Waals surface area contributed by atoms with E-state index < -0.39 is 0 Å². The van der Waals surface area contributed by atoms with Crippen molar-refractivity contribution in [2.24, 2.45) is 0 Å². The molecule has 0 spiro atoms. The number of hydrogen-bond acceptors (Lipinski definition) is 9. The summed E-state index contributed by atoms with van der Waals surface area (Å²) in [5.41, 5.74) is 3.92. The fourth-order valence-electron chi connectivity index (χ4n) is 5.26. The number of aryl methyl sites for hydroxylation is 1. The van der Waals surface area contributed by atoms with E-state index in [9.17, 15) is 4.79 Å². The molecule has 0 aliphatic carbocycles. The number of rotatable bonds is 4. The number of nitrogens with zero attached hydrogens (tertiary/aromatic N) is 7. The fourth-order valence-corrected chi connectivity index (χ4v) is 5.26. The van der Waals surface area contributed by atoms with Crippen molar-refractivity contribution in [1.29, 1.82) is 0 Å². The van der Waals surface area contributed by atoms with E-state index in [1.165, 1.54) is 6.33 Å². The number of hydrogen-bond donors (Lipinski definition) is 1. The average molecular weight is 547 g/mol. The summed E-state index contributed by atoms with van der Waals surface area (Å²) in [6, 6.07) is 11.5. The third-order valence-electron chi connectivity index (χ3n) is 7.30. The summed E-state index contributed by atoms with van der Waals surface area (Å²) < 4.78 is 14.2. The molecule has 5 aromatic rings. The van der Waals surface area contributed by atoms with Crippen molar-refractivity contribution in [3.8, 4) is 29.1 Å². The second-order valence-electron chi connectivity index (χ2n) is 9.95. The maximum absolute atomic E-state index is 12.5. The zero-order valence-corrected chi connectivity index (χ0v) is 22.5. The number of fused-ring (bicyclic) bond motifs is 6. The molecule has 11 heteroatoms. The molecular weight excluding hydrogens is 520 g/mol. The molecule has 0 radical (unpaired) electrons. The Bertz CT molecular complexity index is 1870. The van der Waals surface area contributed by atoms with Crippen LogP contribution < -0.4 is 19.7 Å². The quantitative estimate of drug-likeness (QED) is 0.335. The summed E-state index contributed by atoms with van der Waals surface area (Å²) in [6.45, 7) is 5.84. The lowest BCUT2D eigenvalue weighted by atomic mass is 10.1. The van der Waals surface area contributed by atoms with Crippen molar-refractivity contribution < 1.29 is 14.3 Å². The van der Waals surface area contributed by atoms with Gasteiger partial charge in [-0.15, -0.1) is 0 Å². The van der Waals surface area contributed by atoms with Crippen LogP contribution in [0.1, 0.15) is 12.5 Å². The Kier molecular flexibility index (Phi) is 6.00. The first-order valence-electron chi connectivity index (χ1n) is 13.3. The van der Waals surface area contributed by atoms with Crippen LogP contribution in [0.5, 0.6) is 17.2 Å². The van der Waals surface area contributed by atoms with Crippen LogP contribution in [0.25, 0.3) is 16.7 Å². The monoisotopic (exact) mass is 546 g/mol. The Hall–Kier alpha value is -5.37. The Balaban J connectivity index is 1.14. The lowest BCUT2D eigenvalue weighted by Gasteiger charge is -2.38. The van der Waals surface area contributed by atoms with E-state index in [0.29, 0.717) is 54.6 Å². The molecule has 1 aromatic carbocycles. The molecule has 4 aromatic heterocycles. The standard InChI is InChI=1S/C30H26N8O3/c1-3-4-27(39)38-12-11-37-16-21(38)17-40-25-15-23-28(35-30(25)37)29(33-18-32-23)34-20-5-6-24(19(2)13-20)41-22-7-9-36-10-8-31-26(36)14-22/h5-10,13-15,18,21H,11-12,16-17H2,1-2H3,(H,32,33,34). The van der Waals surface area contributed by atoms with E-state index >= 15 is 0 Å². The molecule has 1 amide bonds. The van der Waals surface area contributed by atoms with Gasteiger partial charge >= 0.3 is 0 Å². The molecular formula is C30H26N8O3. The maximum Gasteiger partial charge on any atom is 0.298 e. The zero-order valence-electron chi connectivity index (χ0n) is 22.5.